The van der Waals surface area contributed by atoms with Gasteiger partial charge in [0, 0.05) is 14.3 Å². The Morgan fingerprint density at radius 3 is 2.44 bits per heavy atom. The van der Waals surface area contributed by atoms with Gasteiger partial charge in [0.15, 0.2) is 0 Å². The maximum absolute atomic E-state index is 4.26. The zero-order valence-corrected chi connectivity index (χ0v) is 7.23. The van der Waals surface area contributed by atoms with Gasteiger partial charge in [0.25, 0.3) is 0 Å². The summed E-state index contributed by atoms with van der Waals surface area (Å²) in [5, 5.41) is 0. The molecule has 0 aliphatic rings. The fraction of sp³-hybridized carbons (Fsp3) is 0.571. The number of hydrogen-bond donors (Lipinski definition) is 0. The van der Waals surface area contributed by atoms with Gasteiger partial charge in [-0.15, -0.1) is 0 Å². The summed E-state index contributed by atoms with van der Waals surface area (Å²) >= 11 is 0. The van der Waals surface area contributed by atoms with Crippen LogP contribution in [-0.2, 0) is 0 Å². The van der Waals surface area contributed by atoms with Crippen LogP contribution < -0.4 is 0 Å². The number of rotatable bonds is 3. The van der Waals surface area contributed by atoms with Crippen molar-refractivity contribution >= 4 is 14.3 Å². The molecular formula is C7H14NP. The minimum Gasteiger partial charge on any atom is -0.270 e. The largest absolute Gasteiger partial charge is 0.270 e. The van der Waals surface area contributed by atoms with Crippen molar-refractivity contribution in [2.45, 2.75) is 19.5 Å². The van der Waals surface area contributed by atoms with Crippen LogP contribution >= 0.6 is 8.07 Å². The molecule has 1 nitrogen and oxygen atoms in total. The van der Waals surface area contributed by atoms with Crippen molar-refractivity contribution in [2.75, 3.05) is 6.66 Å². The predicted octanol–water partition coefficient (Wildman–Crippen LogP) is 2.68. The van der Waals surface area contributed by atoms with Crippen LogP contribution in [0.1, 0.15) is 13.8 Å². The Labute approximate surface area is 58.7 Å². The highest BCUT2D eigenvalue weighted by atomic mass is 31.1. The van der Waals surface area contributed by atoms with E-state index in [2.05, 4.69) is 31.9 Å². The molecule has 1 atom stereocenters. The van der Waals surface area contributed by atoms with Crippen LogP contribution in [0.5, 0.6) is 0 Å². The molecule has 0 rings (SSSR count). The van der Waals surface area contributed by atoms with E-state index in [-0.39, 0.29) is 8.07 Å². The van der Waals surface area contributed by atoms with E-state index in [0.717, 1.165) is 0 Å². The summed E-state index contributed by atoms with van der Waals surface area (Å²) in [7, 11) is -0.147. The first-order valence-electron chi connectivity index (χ1n) is 3.06. The molecule has 0 saturated carbocycles. The molecule has 0 N–H and O–H groups in total. The molecule has 2 heteroatoms. The predicted molar refractivity (Wildman–Crippen MR) is 46.7 cm³/mol. The van der Waals surface area contributed by atoms with Crippen molar-refractivity contribution in [3.63, 3.8) is 0 Å². The molecule has 0 heterocycles. The smallest absolute Gasteiger partial charge is 0.0250 e. The van der Waals surface area contributed by atoms with Crippen LogP contribution in [0, 0.1) is 0 Å². The lowest BCUT2D eigenvalue weighted by Crippen LogP contribution is -1.87. The third kappa shape index (κ3) is 4.35. The Kier molecular flexibility index (Phi) is 4.61. The normalized spacial score (nSPS) is 14.7. The molecule has 0 bridgehead atoms. The second-order valence-corrected chi connectivity index (χ2v) is 4.58. The van der Waals surface area contributed by atoms with E-state index in [9.17, 15) is 0 Å². The minimum absolute atomic E-state index is 0.147. The van der Waals surface area contributed by atoms with Crippen LogP contribution in [0.25, 0.3) is 0 Å². The maximum atomic E-state index is 4.26. The average molecular weight is 143 g/mol. The Hall–Kier alpha value is -0.160. The van der Waals surface area contributed by atoms with E-state index in [1.54, 1.807) is 12.3 Å². The highest BCUT2D eigenvalue weighted by Crippen LogP contribution is 2.37. The van der Waals surface area contributed by atoms with Gasteiger partial charge in [-0.25, -0.2) is 0 Å². The van der Waals surface area contributed by atoms with Crippen LogP contribution in [0.15, 0.2) is 17.4 Å². The third-order valence-electron chi connectivity index (χ3n) is 1.10. The lowest BCUT2D eigenvalue weighted by molar-refractivity contribution is 1.09. The molecule has 0 aromatic rings. The molecule has 0 spiro atoms. The molecule has 0 aliphatic heterocycles. The lowest BCUT2D eigenvalue weighted by atomic mass is 10.6. The summed E-state index contributed by atoms with van der Waals surface area (Å²) in [6.45, 7) is 10.1. The van der Waals surface area contributed by atoms with Crippen molar-refractivity contribution in [3.8, 4) is 0 Å². The zero-order chi connectivity index (χ0) is 7.28. The van der Waals surface area contributed by atoms with Crippen molar-refractivity contribution in [1.82, 2.24) is 0 Å². The standard InChI is InChI=1S/C7H14NP/c1-5-6-8-9(4)7(2)3/h5-7H,1H2,2-4H3/b8-6+. The highest BCUT2D eigenvalue weighted by Gasteiger charge is 2.00. The molecule has 1 unspecified atom stereocenters. The fourth-order valence-electron chi connectivity index (χ4n) is 0.286. The molecule has 52 valence electrons. The Morgan fingerprint density at radius 2 is 2.11 bits per heavy atom. The van der Waals surface area contributed by atoms with Crippen LogP contribution in [-0.4, -0.2) is 18.5 Å². The average Bonchev–Trinajstić information content (AvgIpc) is 1.82. The first-order chi connectivity index (χ1) is 4.18. The van der Waals surface area contributed by atoms with Crippen LogP contribution in [0.4, 0.5) is 0 Å². The van der Waals surface area contributed by atoms with Crippen LogP contribution in [0.3, 0.4) is 0 Å². The quantitative estimate of drug-likeness (QED) is 0.425. The Bertz CT molecular complexity index is 107. The summed E-state index contributed by atoms with van der Waals surface area (Å²) in [5.41, 5.74) is 0.691. The van der Waals surface area contributed by atoms with Gasteiger partial charge in [-0.3, -0.25) is 4.76 Å². The van der Waals surface area contributed by atoms with Gasteiger partial charge >= 0.3 is 0 Å². The third-order valence-corrected chi connectivity index (χ3v) is 3.09. The molecule has 0 radical (unpaired) electrons. The fourth-order valence-corrected chi connectivity index (χ4v) is 0.857. The topological polar surface area (TPSA) is 12.4 Å². The molecule has 0 amide bonds. The summed E-state index contributed by atoms with van der Waals surface area (Å²) in [6, 6.07) is 0. The van der Waals surface area contributed by atoms with E-state index in [0.29, 0.717) is 5.66 Å². The van der Waals surface area contributed by atoms with Gasteiger partial charge in [-0.1, -0.05) is 26.5 Å². The van der Waals surface area contributed by atoms with E-state index in [1.807, 2.05) is 0 Å². The first-order valence-corrected chi connectivity index (χ1v) is 4.87. The Balaban J connectivity index is 3.61. The van der Waals surface area contributed by atoms with Crippen molar-refractivity contribution in [3.05, 3.63) is 12.7 Å². The van der Waals surface area contributed by atoms with E-state index < -0.39 is 0 Å². The van der Waals surface area contributed by atoms with E-state index >= 15 is 0 Å². The van der Waals surface area contributed by atoms with E-state index in [1.165, 1.54) is 0 Å². The summed E-state index contributed by atoms with van der Waals surface area (Å²) < 4.78 is 4.26. The number of allylic oxidation sites excluding steroid dienone is 1. The Morgan fingerprint density at radius 1 is 1.56 bits per heavy atom. The molecule has 0 saturated heterocycles. The van der Waals surface area contributed by atoms with Gasteiger partial charge < -0.3 is 0 Å². The summed E-state index contributed by atoms with van der Waals surface area (Å²) in [5.74, 6) is 0. The SMILES string of the molecule is C=C/C=N/P(C)C(C)C. The molecule has 0 aromatic heterocycles. The number of nitrogens with zero attached hydrogens (tertiary/aromatic N) is 1. The highest BCUT2D eigenvalue weighted by molar-refractivity contribution is 7.56. The second kappa shape index (κ2) is 4.69. The van der Waals surface area contributed by atoms with Gasteiger partial charge in [0.1, 0.15) is 0 Å². The molecule has 9 heavy (non-hydrogen) atoms. The van der Waals surface area contributed by atoms with Crippen LogP contribution in [0.2, 0.25) is 0 Å². The summed E-state index contributed by atoms with van der Waals surface area (Å²) in [6.07, 6.45) is 3.51. The molecule has 0 fully saturated rings. The van der Waals surface area contributed by atoms with Gasteiger partial charge in [0.2, 0.25) is 0 Å². The van der Waals surface area contributed by atoms with Crippen molar-refractivity contribution in [2.24, 2.45) is 4.76 Å². The van der Waals surface area contributed by atoms with Gasteiger partial charge in [-0.2, -0.15) is 0 Å². The second-order valence-electron chi connectivity index (χ2n) is 2.17. The zero-order valence-electron chi connectivity index (χ0n) is 6.33. The van der Waals surface area contributed by atoms with Crippen molar-refractivity contribution in [1.29, 1.82) is 0 Å². The minimum atomic E-state index is -0.147. The molecule has 0 aromatic carbocycles. The van der Waals surface area contributed by atoms with Gasteiger partial charge in [0.05, 0.1) is 0 Å². The lowest BCUT2D eigenvalue weighted by Gasteiger charge is -2.07. The maximum Gasteiger partial charge on any atom is 0.0250 e. The first kappa shape index (κ1) is 8.84. The monoisotopic (exact) mass is 143 g/mol. The van der Waals surface area contributed by atoms with E-state index in [4.69, 9.17) is 0 Å². The molecule has 0 aliphatic carbocycles. The van der Waals surface area contributed by atoms with Gasteiger partial charge in [-0.05, 0) is 12.3 Å². The molecular weight excluding hydrogens is 129 g/mol. The number of hydrogen-bond acceptors (Lipinski definition) is 1. The summed E-state index contributed by atoms with van der Waals surface area (Å²) in [4.78, 5) is 0. The van der Waals surface area contributed by atoms with Crippen molar-refractivity contribution < 1.29 is 0 Å².